The third-order valence-electron chi connectivity index (χ3n) is 4.22. The van der Waals surface area contributed by atoms with E-state index < -0.39 is 11.8 Å². The summed E-state index contributed by atoms with van der Waals surface area (Å²) in [5.74, 6) is -1.16. The van der Waals surface area contributed by atoms with Crippen LogP contribution in [0.2, 0.25) is 5.02 Å². The number of carboxylic acids is 1. The van der Waals surface area contributed by atoms with Crippen molar-refractivity contribution in [2.45, 2.75) is 0 Å². The Hall–Kier alpha value is -3.52. The molecule has 2 N–H and O–H groups in total. The first kappa shape index (κ1) is 17.9. The van der Waals surface area contributed by atoms with Gasteiger partial charge in [-0.3, -0.25) is 4.98 Å². The van der Waals surface area contributed by atoms with E-state index in [4.69, 9.17) is 21.4 Å². The van der Waals surface area contributed by atoms with Crippen molar-refractivity contribution >= 4 is 28.6 Å². The van der Waals surface area contributed by atoms with Crippen LogP contribution in [-0.2, 0) is 0 Å². The molecule has 0 atom stereocenters. The summed E-state index contributed by atoms with van der Waals surface area (Å²) in [6.45, 7) is 0. The summed E-state index contributed by atoms with van der Waals surface area (Å²) >= 11 is 6.63. The number of rotatable bonds is 4. The molecule has 0 saturated heterocycles. The van der Waals surface area contributed by atoms with Gasteiger partial charge in [0.25, 0.3) is 0 Å². The van der Waals surface area contributed by atoms with Gasteiger partial charge in [0.2, 0.25) is 0 Å². The normalized spacial score (nSPS) is 11.0. The van der Waals surface area contributed by atoms with Gasteiger partial charge < -0.3 is 14.8 Å². The molecular weight excluding hydrogens is 387 g/mol. The van der Waals surface area contributed by atoms with E-state index in [1.807, 2.05) is 0 Å². The molecule has 0 spiro atoms. The zero-order valence-corrected chi connectivity index (χ0v) is 15.2. The molecule has 0 unspecified atom stereocenters. The van der Waals surface area contributed by atoms with Crippen molar-refractivity contribution in [2.24, 2.45) is 0 Å². The summed E-state index contributed by atoms with van der Waals surface area (Å²) in [7, 11) is 1.49. The maximum Gasteiger partial charge on any atom is 0.356 e. The van der Waals surface area contributed by atoms with Gasteiger partial charge in [-0.05, 0) is 18.2 Å². The van der Waals surface area contributed by atoms with Gasteiger partial charge in [-0.15, -0.1) is 0 Å². The van der Waals surface area contributed by atoms with Crippen molar-refractivity contribution in [1.29, 1.82) is 0 Å². The van der Waals surface area contributed by atoms with Gasteiger partial charge in [-0.25, -0.2) is 19.2 Å². The van der Waals surface area contributed by atoms with Gasteiger partial charge in [0.15, 0.2) is 5.69 Å². The Balaban J connectivity index is 1.96. The number of nitrogens with one attached hydrogen (secondary N) is 1. The highest BCUT2D eigenvalue weighted by atomic mass is 35.5. The highest BCUT2D eigenvalue weighted by Gasteiger charge is 2.19. The number of methoxy groups -OCH3 is 1. The van der Waals surface area contributed by atoms with Crippen LogP contribution in [0.25, 0.3) is 33.4 Å². The number of H-pyrrole nitrogens is 1. The van der Waals surface area contributed by atoms with Crippen LogP contribution in [0.5, 0.6) is 5.75 Å². The molecule has 0 aliphatic heterocycles. The summed E-state index contributed by atoms with van der Waals surface area (Å²) in [5, 5.41) is 9.95. The third-order valence-corrected chi connectivity index (χ3v) is 4.61. The lowest BCUT2D eigenvalue weighted by atomic mass is 10.0. The lowest BCUT2D eigenvalue weighted by Gasteiger charge is -2.10. The van der Waals surface area contributed by atoms with Gasteiger partial charge in [0.05, 0.1) is 30.2 Å². The quantitative estimate of drug-likeness (QED) is 0.534. The molecular formula is C19H12ClFN4O3. The first-order chi connectivity index (χ1) is 13.5. The second-order valence-electron chi connectivity index (χ2n) is 5.85. The molecule has 0 radical (unpaired) electrons. The fourth-order valence-corrected chi connectivity index (χ4v) is 3.27. The lowest BCUT2D eigenvalue weighted by Crippen LogP contribution is -2.02. The van der Waals surface area contributed by atoms with E-state index in [9.17, 15) is 9.18 Å². The zero-order chi connectivity index (χ0) is 19.8. The Morgan fingerprint density at radius 3 is 2.79 bits per heavy atom. The zero-order valence-electron chi connectivity index (χ0n) is 14.4. The van der Waals surface area contributed by atoms with Crippen LogP contribution in [-0.4, -0.2) is 38.1 Å². The summed E-state index contributed by atoms with van der Waals surface area (Å²) < 4.78 is 19.2. The Morgan fingerprint density at radius 2 is 2.04 bits per heavy atom. The van der Waals surface area contributed by atoms with E-state index in [1.54, 1.807) is 6.20 Å². The van der Waals surface area contributed by atoms with E-state index in [0.717, 1.165) is 6.20 Å². The van der Waals surface area contributed by atoms with Gasteiger partial charge in [0, 0.05) is 34.5 Å². The summed E-state index contributed by atoms with van der Waals surface area (Å²) in [6.07, 6.45) is 5.68. The average molecular weight is 399 g/mol. The average Bonchev–Trinajstić information content (AvgIpc) is 3.13. The molecule has 1 aromatic carbocycles. The molecule has 4 aromatic rings. The van der Waals surface area contributed by atoms with Gasteiger partial charge in [0.1, 0.15) is 17.2 Å². The Bertz CT molecular complexity index is 1230. The molecule has 9 heteroatoms. The van der Waals surface area contributed by atoms with Gasteiger partial charge in [-0.2, -0.15) is 0 Å². The first-order valence-electron chi connectivity index (χ1n) is 8.04. The van der Waals surface area contributed by atoms with Crippen LogP contribution in [0.4, 0.5) is 4.39 Å². The maximum atomic E-state index is 13.9. The predicted octanol–water partition coefficient (Wildman–Crippen LogP) is 4.19. The molecule has 3 heterocycles. The lowest BCUT2D eigenvalue weighted by molar-refractivity contribution is 0.0690. The first-order valence-corrected chi connectivity index (χ1v) is 8.42. The van der Waals surface area contributed by atoms with E-state index in [1.165, 1.54) is 37.7 Å². The Labute approximate surface area is 162 Å². The molecule has 0 amide bonds. The molecule has 0 bridgehead atoms. The number of hydrogen-bond donors (Lipinski definition) is 2. The monoisotopic (exact) mass is 398 g/mol. The number of carbonyl (C=O) groups is 1. The van der Waals surface area contributed by atoms with Crippen LogP contribution in [0, 0.1) is 5.82 Å². The number of nitrogens with zero attached hydrogens (tertiary/aromatic N) is 3. The SMILES string of the molecule is COc1ccc(F)cc1-c1c[nH]c2ncc(-c3cncc(C(=O)O)n3)c(Cl)c12. The van der Waals surface area contributed by atoms with Crippen molar-refractivity contribution in [2.75, 3.05) is 7.11 Å². The van der Waals surface area contributed by atoms with Crippen molar-refractivity contribution in [1.82, 2.24) is 19.9 Å². The number of fused-ring (bicyclic) bond motifs is 1. The number of hydrogen-bond acceptors (Lipinski definition) is 5. The minimum Gasteiger partial charge on any atom is -0.496 e. The smallest absolute Gasteiger partial charge is 0.356 e. The number of carboxylic acid groups (broad SMARTS) is 1. The maximum absolute atomic E-state index is 13.9. The highest BCUT2D eigenvalue weighted by Crippen LogP contribution is 2.41. The van der Waals surface area contributed by atoms with Gasteiger partial charge >= 0.3 is 5.97 Å². The van der Waals surface area contributed by atoms with Crippen molar-refractivity contribution in [3.63, 3.8) is 0 Å². The number of benzene rings is 1. The van der Waals surface area contributed by atoms with Crippen LogP contribution in [0.15, 0.2) is 43.0 Å². The molecule has 140 valence electrons. The molecule has 3 aromatic heterocycles. The van der Waals surface area contributed by atoms with Crippen LogP contribution < -0.4 is 4.74 Å². The van der Waals surface area contributed by atoms with E-state index in [2.05, 4.69) is 19.9 Å². The van der Waals surface area contributed by atoms with Gasteiger partial charge in [-0.1, -0.05) is 11.6 Å². The van der Waals surface area contributed by atoms with Crippen molar-refractivity contribution in [3.05, 3.63) is 59.5 Å². The van der Waals surface area contributed by atoms with E-state index in [0.29, 0.717) is 33.5 Å². The second-order valence-corrected chi connectivity index (χ2v) is 6.23. The molecule has 0 aliphatic carbocycles. The number of aromatic nitrogens is 4. The molecule has 7 nitrogen and oxygen atoms in total. The Kier molecular flexibility index (Phi) is 4.40. The standard InChI is InChI=1S/C19H12ClFN4O3/c1-28-15-3-2-9(21)4-10(15)11-5-23-18-16(11)17(20)12(6-24-18)13-7-22-8-14(25-13)19(26)27/h2-8H,1H3,(H,23,24)(H,26,27). The van der Waals surface area contributed by atoms with Crippen molar-refractivity contribution in [3.8, 4) is 28.1 Å². The van der Waals surface area contributed by atoms with Crippen LogP contribution >= 0.6 is 11.6 Å². The molecule has 0 fully saturated rings. The number of aromatic carboxylic acids is 1. The summed E-state index contributed by atoms with van der Waals surface area (Å²) in [5.41, 5.74) is 2.03. The van der Waals surface area contributed by atoms with E-state index in [-0.39, 0.29) is 16.4 Å². The second kappa shape index (κ2) is 6.90. The minimum atomic E-state index is -1.20. The molecule has 0 aliphatic rings. The van der Waals surface area contributed by atoms with E-state index >= 15 is 0 Å². The predicted molar refractivity (Wildman–Crippen MR) is 101 cm³/mol. The largest absolute Gasteiger partial charge is 0.496 e. The molecule has 4 rings (SSSR count). The third kappa shape index (κ3) is 2.93. The number of aromatic amines is 1. The fraction of sp³-hybridized carbons (Fsp3) is 0.0526. The van der Waals surface area contributed by atoms with Crippen LogP contribution in [0.1, 0.15) is 10.5 Å². The molecule has 0 saturated carbocycles. The summed E-state index contributed by atoms with van der Waals surface area (Å²) in [6, 6.07) is 4.17. The number of ether oxygens (including phenoxy) is 1. The number of halogens is 2. The van der Waals surface area contributed by atoms with Crippen LogP contribution in [0.3, 0.4) is 0 Å². The fourth-order valence-electron chi connectivity index (χ4n) is 2.94. The summed E-state index contributed by atoms with van der Waals surface area (Å²) in [4.78, 5) is 26.5. The molecule has 28 heavy (non-hydrogen) atoms. The topological polar surface area (TPSA) is 101 Å². The van der Waals surface area contributed by atoms with Crippen molar-refractivity contribution < 1.29 is 19.0 Å². The Morgan fingerprint density at radius 1 is 1.21 bits per heavy atom. The highest BCUT2D eigenvalue weighted by molar-refractivity contribution is 6.39. The number of pyridine rings is 1. The minimum absolute atomic E-state index is 0.213.